The Balaban J connectivity index is 2.06. The van der Waals surface area contributed by atoms with E-state index in [0.717, 1.165) is 0 Å². The normalized spacial score (nSPS) is 32.8. The summed E-state index contributed by atoms with van der Waals surface area (Å²) in [7, 11) is 0. The van der Waals surface area contributed by atoms with E-state index in [1.165, 1.54) is 25.7 Å². The van der Waals surface area contributed by atoms with E-state index >= 15 is 0 Å². The molecule has 2 rings (SSSR count). The van der Waals surface area contributed by atoms with Gasteiger partial charge in [0, 0.05) is 6.04 Å². The van der Waals surface area contributed by atoms with Gasteiger partial charge in [0.05, 0.1) is 6.04 Å². The van der Waals surface area contributed by atoms with E-state index in [0.29, 0.717) is 5.92 Å². The molecule has 3 heteroatoms. The number of carbonyl (C=O) groups excluding carboxylic acids is 1. The summed E-state index contributed by atoms with van der Waals surface area (Å²) in [5.41, 5.74) is 0. The summed E-state index contributed by atoms with van der Waals surface area (Å²) in [6.07, 6.45) is 5.08. The van der Waals surface area contributed by atoms with Crippen molar-refractivity contribution in [3.8, 4) is 0 Å². The van der Waals surface area contributed by atoms with Crippen LogP contribution in [0.2, 0.25) is 0 Å². The lowest BCUT2D eigenvalue weighted by Crippen LogP contribution is -2.40. The molecule has 2 aliphatic rings. The van der Waals surface area contributed by atoms with Crippen LogP contribution in [0.15, 0.2) is 0 Å². The highest BCUT2D eigenvalue weighted by Gasteiger charge is 2.44. The molecule has 1 aliphatic carbocycles. The molecule has 0 aromatic heterocycles. The third-order valence-electron chi connectivity index (χ3n) is 3.78. The van der Waals surface area contributed by atoms with Gasteiger partial charge in [-0.3, -0.25) is 4.90 Å². The lowest BCUT2D eigenvalue weighted by Gasteiger charge is -2.26. The maximum absolute atomic E-state index is 11.7. The van der Waals surface area contributed by atoms with Gasteiger partial charge in [-0.2, -0.15) is 0 Å². The molecule has 86 valence electrons. The van der Waals surface area contributed by atoms with Crippen LogP contribution in [0.3, 0.4) is 0 Å². The van der Waals surface area contributed by atoms with Gasteiger partial charge in [0.2, 0.25) is 0 Å². The molecule has 0 spiro atoms. The van der Waals surface area contributed by atoms with Gasteiger partial charge < -0.3 is 4.74 Å². The zero-order valence-corrected chi connectivity index (χ0v) is 9.90. The van der Waals surface area contributed by atoms with Crippen LogP contribution in [0.25, 0.3) is 0 Å². The van der Waals surface area contributed by atoms with E-state index in [2.05, 4.69) is 20.8 Å². The largest absolute Gasteiger partial charge is 0.444 e. The summed E-state index contributed by atoms with van der Waals surface area (Å²) in [5.74, 6) is 0.604. The second-order valence-electron chi connectivity index (χ2n) is 5.13. The van der Waals surface area contributed by atoms with E-state index in [1.54, 1.807) is 0 Å². The van der Waals surface area contributed by atoms with Crippen molar-refractivity contribution in [1.82, 2.24) is 4.90 Å². The predicted molar refractivity (Wildman–Crippen MR) is 58.7 cm³/mol. The van der Waals surface area contributed by atoms with Crippen LogP contribution in [-0.2, 0) is 4.74 Å². The Morgan fingerprint density at radius 2 is 1.93 bits per heavy atom. The lowest BCUT2D eigenvalue weighted by atomic mass is 9.95. The lowest BCUT2D eigenvalue weighted by molar-refractivity contribution is 0.0949. The molecule has 1 amide bonds. The van der Waals surface area contributed by atoms with Gasteiger partial charge in [-0.1, -0.05) is 12.8 Å². The standard InChI is InChI=1S/C12H21NO2/c1-8(2)13-9(3)11(15-12(13)14)10-6-4-5-7-10/h8-11H,4-7H2,1-3H3/t9-,11-/m0/s1. The van der Waals surface area contributed by atoms with Crippen LogP contribution in [0.4, 0.5) is 4.79 Å². The van der Waals surface area contributed by atoms with E-state index in [1.807, 2.05) is 4.90 Å². The fraction of sp³-hybridized carbons (Fsp3) is 0.917. The van der Waals surface area contributed by atoms with E-state index in [4.69, 9.17) is 4.74 Å². The summed E-state index contributed by atoms with van der Waals surface area (Å²) in [6.45, 7) is 6.22. The van der Waals surface area contributed by atoms with E-state index < -0.39 is 0 Å². The number of amides is 1. The molecule has 1 saturated carbocycles. The smallest absolute Gasteiger partial charge is 0.410 e. The van der Waals surface area contributed by atoms with Crippen molar-refractivity contribution in [3.63, 3.8) is 0 Å². The van der Waals surface area contributed by atoms with E-state index in [-0.39, 0.29) is 24.3 Å². The molecular weight excluding hydrogens is 190 g/mol. The monoisotopic (exact) mass is 211 g/mol. The SMILES string of the molecule is CC(C)N1C(=O)O[C@H](C2CCCC2)[C@@H]1C. The molecule has 2 fully saturated rings. The predicted octanol–water partition coefficient (Wildman–Crippen LogP) is 2.79. The Kier molecular flexibility index (Phi) is 2.89. The zero-order valence-electron chi connectivity index (χ0n) is 9.90. The first kappa shape index (κ1) is 10.8. The summed E-state index contributed by atoms with van der Waals surface area (Å²) < 4.78 is 5.52. The Hall–Kier alpha value is -0.730. The average molecular weight is 211 g/mol. The average Bonchev–Trinajstić information content (AvgIpc) is 2.72. The van der Waals surface area contributed by atoms with Gasteiger partial charge in [0.1, 0.15) is 6.10 Å². The summed E-state index contributed by atoms with van der Waals surface area (Å²) in [5, 5.41) is 0. The van der Waals surface area contributed by atoms with E-state index in [9.17, 15) is 4.79 Å². The Morgan fingerprint density at radius 3 is 2.40 bits per heavy atom. The molecule has 0 aromatic carbocycles. The molecule has 2 atom stereocenters. The molecule has 1 saturated heterocycles. The highest BCUT2D eigenvalue weighted by molar-refractivity contribution is 5.71. The summed E-state index contributed by atoms with van der Waals surface area (Å²) in [6, 6.07) is 0.500. The highest BCUT2D eigenvalue weighted by Crippen LogP contribution is 2.36. The maximum atomic E-state index is 11.7. The minimum Gasteiger partial charge on any atom is -0.444 e. The molecule has 15 heavy (non-hydrogen) atoms. The fourth-order valence-corrected chi connectivity index (χ4v) is 3.06. The van der Waals surface area contributed by atoms with Crippen LogP contribution in [0, 0.1) is 5.92 Å². The number of nitrogens with zero attached hydrogens (tertiary/aromatic N) is 1. The van der Waals surface area contributed by atoms with Crippen molar-refractivity contribution < 1.29 is 9.53 Å². The third-order valence-corrected chi connectivity index (χ3v) is 3.78. The first-order chi connectivity index (χ1) is 7.11. The van der Waals surface area contributed by atoms with Crippen LogP contribution < -0.4 is 0 Å². The number of rotatable bonds is 2. The molecule has 1 aliphatic heterocycles. The molecule has 0 radical (unpaired) electrons. The molecule has 0 unspecified atom stereocenters. The zero-order chi connectivity index (χ0) is 11.0. The van der Waals surface area contributed by atoms with Crippen LogP contribution in [0.1, 0.15) is 46.5 Å². The number of cyclic esters (lactones) is 1. The quantitative estimate of drug-likeness (QED) is 0.703. The van der Waals surface area contributed by atoms with Gasteiger partial charge >= 0.3 is 6.09 Å². The van der Waals surface area contributed by atoms with Gasteiger partial charge in [0.15, 0.2) is 0 Å². The second kappa shape index (κ2) is 4.03. The van der Waals surface area contributed by atoms with Gasteiger partial charge in [-0.05, 0) is 39.5 Å². The second-order valence-corrected chi connectivity index (χ2v) is 5.13. The first-order valence-corrected chi connectivity index (χ1v) is 6.10. The molecule has 0 aromatic rings. The topological polar surface area (TPSA) is 29.5 Å². The number of hydrogen-bond acceptors (Lipinski definition) is 2. The Bertz CT molecular complexity index is 246. The third kappa shape index (κ3) is 1.84. The Labute approximate surface area is 91.8 Å². The van der Waals surface area contributed by atoms with Crippen LogP contribution >= 0.6 is 0 Å². The number of ether oxygens (including phenoxy) is 1. The van der Waals surface area contributed by atoms with Crippen molar-refractivity contribution in [2.24, 2.45) is 5.92 Å². The van der Waals surface area contributed by atoms with Gasteiger partial charge in [-0.15, -0.1) is 0 Å². The molecule has 3 nitrogen and oxygen atoms in total. The molecule has 0 N–H and O–H groups in total. The Morgan fingerprint density at radius 1 is 1.33 bits per heavy atom. The van der Waals surface area contributed by atoms with Crippen molar-refractivity contribution in [1.29, 1.82) is 0 Å². The summed E-state index contributed by atoms with van der Waals surface area (Å²) >= 11 is 0. The molecule has 1 heterocycles. The molecular formula is C12H21NO2. The maximum Gasteiger partial charge on any atom is 0.410 e. The van der Waals surface area contributed by atoms with Gasteiger partial charge in [0.25, 0.3) is 0 Å². The van der Waals surface area contributed by atoms with Crippen LogP contribution in [0.5, 0.6) is 0 Å². The van der Waals surface area contributed by atoms with Crippen molar-refractivity contribution in [3.05, 3.63) is 0 Å². The van der Waals surface area contributed by atoms with Crippen molar-refractivity contribution in [2.45, 2.75) is 64.6 Å². The minimum absolute atomic E-state index is 0.116. The minimum atomic E-state index is -0.116. The first-order valence-electron chi connectivity index (χ1n) is 6.10. The summed E-state index contributed by atoms with van der Waals surface area (Å²) in [4.78, 5) is 13.6. The highest BCUT2D eigenvalue weighted by atomic mass is 16.6. The molecule has 0 bridgehead atoms. The van der Waals surface area contributed by atoms with Gasteiger partial charge in [-0.25, -0.2) is 4.79 Å². The fourth-order valence-electron chi connectivity index (χ4n) is 3.06. The van der Waals surface area contributed by atoms with Crippen molar-refractivity contribution >= 4 is 6.09 Å². The van der Waals surface area contributed by atoms with Crippen LogP contribution in [-0.4, -0.2) is 29.2 Å². The number of hydrogen-bond donors (Lipinski definition) is 0. The number of carbonyl (C=O) groups is 1. The van der Waals surface area contributed by atoms with Crippen molar-refractivity contribution in [2.75, 3.05) is 0 Å².